The zero-order valence-corrected chi connectivity index (χ0v) is 7.41. The number of nitrogens with one attached hydrogen (secondary N) is 1. The van der Waals surface area contributed by atoms with Crippen molar-refractivity contribution in [2.24, 2.45) is 0 Å². The van der Waals surface area contributed by atoms with Gasteiger partial charge in [0.1, 0.15) is 11.0 Å². The molecule has 0 spiro atoms. The lowest BCUT2D eigenvalue weighted by molar-refractivity contribution is 0.208. The highest BCUT2D eigenvalue weighted by Gasteiger charge is 1.97. The van der Waals surface area contributed by atoms with Crippen LogP contribution < -0.4 is 5.32 Å². The lowest BCUT2D eigenvalue weighted by Crippen LogP contribution is -2.16. The summed E-state index contributed by atoms with van der Waals surface area (Å²) in [5.41, 5.74) is 0. The average molecular weight is 188 g/mol. The Bertz CT molecular complexity index is 254. The first kappa shape index (κ1) is 9.22. The Labute approximate surface area is 75.6 Å². The van der Waals surface area contributed by atoms with Crippen molar-refractivity contribution in [2.45, 2.75) is 13.0 Å². The largest absolute Gasteiger partial charge is 0.392 e. The number of hydrogen-bond donors (Lipinski definition) is 2. The number of halogens is 1. The number of nitrogens with zero attached hydrogens (tertiary/aromatic N) is 2. The number of aliphatic hydroxyl groups is 1. The van der Waals surface area contributed by atoms with E-state index in [1.165, 1.54) is 6.20 Å². The molecule has 0 aromatic carbocycles. The molecule has 1 heterocycles. The number of hydrogen-bond acceptors (Lipinski definition) is 4. The second-order valence-electron chi connectivity index (χ2n) is 2.46. The van der Waals surface area contributed by atoms with Crippen LogP contribution in [-0.2, 0) is 0 Å². The van der Waals surface area contributed by atoms with E-state index in [4.69, 9.17) is 16.7 Å². The third-order valence-corrected chi connectivity index (χ3v) is 1.37. The van der Waals surface area contributed by atoms with Crippen molar-refractivity contribution in [3.8, 4) is 0 Å². The van der Waals surface area contributed by atoms with E-state index in [9.17, 15) is 0 Å². The molecule has 0 fully saturated rings. The molecule has 1 aromatic heterocycles. The van der Waals surface area contributed by atoms with Gasteiger partial charge in [-0.15, -0.1) is 0 Å². The van der Waals surface area contributed by atoms with Crippen LogP contribution in [-0.4, -0.2) is 27.7 Å². The van der Waals surface area contributed by atoms with Gasteiger partial charge in [-0.3, -0.25) is 4.98 Å². The van der Waals surface area contributed by atoms with Crippen molar-refractivity contribution in [3.63, 3.8) is 0 Å². The Kier molecular flexibility index (Phi) is 3.25. The lowest BCUT2D eigenvalue weighted by atomic mass is 10.4. The summed E-state index contributed by atoms with van der Waals surface area (Å²) < 4.78 is 0. The van der Waals surface area contributed by atoms with E-state index in [1.54, 1.807) is 13.1 Å². The van der Waals surface area contributed by atoms with Gasteiger partial charge in [0.25, 0.3) is 0 Å². The first-order chi connectivity index (χ1) is 5.68. The summed E-state index contributed by atoms with van der Waals surface area (Å²) in [7, 11) is 0. The second kappa shape index (κ2) is 4.23. The average Bonchev–Trinajstić information content (AvgIpc) is 2.01. The summed E-state index contributed by atoms with van der Waals surface area (Å²) in [5.74, 6) is 0.573. The van der Waals surface area contributed by atoms with Crippen molar-refractivity contribution in [3.05, 3.63) is 17.5 Å². The highest BCUT2D eigenvalue weighted by molar-refractivity contribution is 6.29. The molecule has 0 saturated carbocycles. The van der Waals surface area contributed by atoms with E-state index in [2.05, 4.69) is 15.3 Å². The van der Waals surface area contributed by atoms with Crippen molar-refractivity contribution < 1.29 is 5.11 Å². The van der Waals surface area contributed by atoms with E-state index >= 15 is 0 Å². The molecular formula is C7H10ClN3O. The summed E-state index contributed by atoms with van der Waals surface area (Å²) in [6.07, 6.45) is 2.59. The number of aliphatic hydroxyl groups excluding tert-OH is 1. The Morgan fingerprint density at radius 1 is 1.67 bits per heavy atom. The molecule has 1 rings (SSSR count). The first-order valence-corrected chi connectivity index (χ1v) is 3.96. The molecule has 0 bridgehead atoms. The van der Waals surface area contributed by atoms with Crippen LogP contribution in [0.15, 0.2) is 12.4 Å². The van der Waals surface area contributed by atoms with Crippen LogP contribution in [0.25, 0.3) is 0 Å². The van der Waals surface area contributed by atoms with Crippen LogP contribution >= 0.6 is 11.6 Å². The minimum Gasteiger partial charge on any atom is -0.392 e. The molecule has 66 valence electrons. The van der Waals surface area contributed by atoms with Gasteiger partial charge in [-0.05, 0) is 6.92 Å². The van der Waals surface area contributed by atoms with Crippen molar-refractivity contribution in [2.75, 3.05) is 11.9 Å². The van der Waals surface area contributed by atoms with Crippen molar-refractivity contribution in [1.29, 1.82) is 0 Å². The normalized spacial score (nSPS) is 12.6. The molecule has 0 radical (unpaired) electrons. The Balaban J connectivity index is 2.52. The molecule has 0 amide bonds. The molecule has 0 aliphatic carbocycles. The smallest absolute Gasteiger partial charge is 0.149 e. The maximum Gasteiger partial charge on any atom is 0.149 e. The van der Waals surface area contributed by atoms with E-state index in [1.807, 2.05) is 0 Å². The molecule has 0 saturated heterocycles. The van der Waals surface area contributed by atoms with Crippen LogP contribution in [0, 0.1) is 0 Å². The van der Waals surface area contributed by atoms with Gasteiger partial charge in [0.05, 0.1) is 18.5 Å². The van der Waals surface area contributed by atoms with E-state index < -0.39 is 6.10 Å². The van der Waals surface area contributed by atoms with Crippen LogP contribution in [0.5, 0.6) is 0 Å². The zero-order valence-electron chi connectivity index (χ0n) is 6.66. The Morgan fingerprint density at radius 2 is 2.42 bits per heavy atom. The molecule has 0 unspecified atom stereocenters. The molecule has 4 nitrogen and oxygen atoms in total. The van der Waals surface area contributed by atoms with Crippen LogP contribution in [0.4, 0.5) is 5.82 Å². The van der Waals surface area contributed by atoms with Crippen molar-refractivity contribution in [1.82, 2.24) is 9.97 Å². The van der Waals surface area contributed by atoms with Crippen LogP contribution in [0.3, 0.4) is 0 Å². The van der Waals surface area contributed by atoms with Gasteiger partial charge < -0.3 is 10.4 Å². The van der Waals surface area contributed by atoms with Crippen LogP contribution in [0.1, 0.15) is 6.92 Å². The SMILES string of the molecule is C[C@@H](O)CNc1cncc(Cl)n1. The number of rotatable bonds is 3. The zero-order chi connectivity index (χ0) is 8.97. The highest BCUT2D eigenvalue weighted by atomic mass is 35.5. The Morgan fingerprint density at radius 3 is 3.00 bits per heavy atom. The fourth-order valence-electron chi connectivity index (χ4n) is 0.680. The van der Waals surface area contributed by atoms with E-state index in [0.29, 0.717) is 17.5 Å². The number of anilines is 1. The standard InChI is InChI=1S/C7H10ClN3O/c1-5(12)2-10-7-4-9-3-6(8)11-7/h3-5,12H,2H2,1H3,(H,10,11)/t5-/m1/s1. The van der Waals surface area contributed by atoms with Gasteiger partial charge in [0, 0.05) is 6.54 Å². The fraction of sp³-hybridized carbons (Fsp3) is 0.429. The second-order valence-corrected chi connectivity index (χ2v) is 2.84. The summed E-state index contributed by atoms with van der Waals surface area (Å²) in [6.45, 7) is 2.12. The Hall–Kier alpha value is -0.870. The topological polar surface area (TPSA) is 58.0 Å². The molecule has 1 atom stereocenters. The van der Waals surface area contributed by atoms with Gasteiger partial charge in [0.2, 0.25) is 0 Å². The fourth-order valence-corrected chi connectivity index (χ4v) is 0.827. The number of aromatic nitrogens is 2. The third-order valence-electron chi connectivity index (χ3n) is 1.18. The molecule has 5 heteroatoms. The quantitative estimate of drug-likeness (QED) is 0.739. The summed E-state index contributed by atoms with van der Waals surface area (Å²) >= 11 is 5.58. The van der Waals surface area contributed by atoms with Crippen LogP contribution in [0.2, 0.25) is 5.15 Å². The van der Waals surface area contributed by atoms with Gasteiger partial charge in [0.15, 0.2) is 0 Å². The molecule has 2 N–H and O–H groups in total. The van der Waals surface area contributed by atoms with E-state index in [0.717, 1.165) is 0 Å². The highest BCUT2D eigenvalue weighted by Crippen LogP contribution is 2.06. The molecule has 0 aliphatic rings. The predicted molar refractivity (Wildman–Crippen MR) is 47.2 cm³/mol. The third kappa shape index (κ3) is 3.02. The van der Waals surface area contributed by atoms with Gasteiger partial charge in [-0.25, -0.2) is 4.98 Å². The maximum absolute atomic E-state index is 8.94. The molecule has 1 aromatic rings. The van der Waals surface area contributed by atoms with E-state index in [-0.39, 0.29) is 0 Å². The first-order valence-electron chi connectivity index (χ1n) is 3.58. The summed E-state index contributed by atoms with van der Waals surface area (Å²) in [5, 5.41) is 12.2. The van der Waals surface area contributed by atoms with Crippen molar-refractivity contribution >= 4 is 17.4 Å². The minimum absolute atomic E-state index is 0.339. The monoisotopic (exact) mass is 187 g/mol. The van der Waals surface area contributed by atoms with Gasteiger partial charge in [-0.1, -0.05) is 11.6 Å². The minimum atomic E-state index is -0.411. The lowest BCUT2D eigenvalue weighted by Gasteiger charge is -2.06. The molecule has 12 heavy (non-hydrogen) atoms. The predicted octanol–water partition coefficient (Wildman–Crippen LogP) is 0.923. The molecular weight excluding hydrogens is 178 g/mol. The van der Waals surface area contributed by atoms with Gasteiger partial charge in [-0.2, -0.15) is 0 Å². The van der Waals surface area contributed by atoms with Gasteiger partial charge >= 0.3 is 0 Å². The maximum atomic E-state index is 8.94. The summed E-state index contributed by atoms with van der Waals surface area (Å²) in [4.78, 5) is 7.75. The summed E-state index contributed by atoms with van der Waals surface area (Å²) in [6, 6.07) is 0. The molecule has 0 aliphatic heterocycles.